The number of para-hydroxylation sites is 1. The predicted molar refractivity (Wildman–Crippen MR) is 159 cm³/mol. The summed E-state index contributed by atoms with van der Waals surface area (Å²) >= 11 is 0. The van der Waals surface area contributed by atoms with Gasteiger partial charge in [0.1, 0.15) is 5.82 Å². The van der Waals surface area contributed by atoms with Gasteiger partial charge in [0.15, 0.2) is 0 Å². The molecule has 2 fully saturated rings. The van der Waals surface area contributed by atoms with Crippen LogP contribution in [0.4, 0.5) is 10.1 Å². The summed E-state index contributed by atoms with van der Waals surface area (Å²) in [6.45, 7) is 13.2. The predicted octanol–water partition coefficient (Wildman–Crippen LogP) is 8.18. The molecule has 2 aliphatic rings. The second-order valence-corrected chi connectivity index (χ2v) is 11.1. The number of benzene rings is 3. The molecular weight excluding hydrogens is 483 g/mol. The van der Waals surface area contributed by atoms with E-state index in [-0.39, 0.29) is 11.7 Å². The Kier molecular flexibility index (Phi) is 8.02. The van der Waals surface area contributed by atoms with Crippen LogP contribution in [0.5, 0.6) is 0 Å². The molecule has 0 radical (unpaired) electrons. The average Bonchev–Trinajstić information content (AvgIpc) is 3.77. The van der Waals surface area contributed by atoms with Crippen molar-refractivity contribution in [2.24, 2.45) is 11.8 Å². The van der Waals surface area contributed by atoms with Crippen molar-refractivity contribution in [2.75, 3.05) is 24.5 Å². The van der Waals surface area contributed by atoms with Crippen LogP contribution in [0.15, 0.2) is 85.1 Å². The van der Waals surface area contributed by atoms with Crippen molar-refractivity contribution in [3.63, 3.8) is 0 Å². The summed E-state index contributed by atoms with van der Waals surface area (Å²) in [5.41, 5.74) is 8.28. The Hall–Kier alpha value is -3.66. The third kappa shape index (κ3) is 6.00. The molecule has 3 nitrogen and oxygen atoms in total. The molecule has 1 saturated heterocycles. The number of nitrogens with zero attached hydrogens (tertiary/aromatic N) is 2. The number of carbonyl (C=O) groups is 1. The van der Waals surface area contributed by atoms with Gasteiger partial charge in [-0.1, -0.05) is 49.1 Å². The number of aryl methyl sites for hydroxylation is 2. The van der Waals surface area contributed by atoms with E-state index in [9.17, 15) is 9.18 Å². The monoisotopic (exact) mass is 522 g/mol. The normalized spacial score (nSPS) is 16.3. The maximum atomic E-state index is 13.9. The SMILES string of the molecule is C=C(C1CCN(C(=O)c2ccc(/C(=C\C)c3cccc(F)c3)c(C)c2)CC1)N(CC1CC1)c1ccccc1C. The van der Waals surface area contributed by atoms with Gasteiger partial charge in [-0.25, -0.2) is 4.39 Å². The summed E-state index contributed by atoms with van der Waals surface area (Å²) in [5.74, 6) is 0.963. The van der Waals surface area contributed by atoms with Gasteiger partial charge >= 0.3 is 0 Å². The fourth-order valence-electron chi connectivity index (χ4n) is 5.85. The lowest BCUT2D eigenvalue weighted by atomic mass is 9.91. The highest BCUT2D eigenvalue weighted by atomic mass is 19.1. The lowest BCUT2D eigenvalue weighted by Gasteiger charge is -2.38. The van der Waals surface area contributed by atoms with Gasteiger partial charge in [-0.15, -0.1) is 0 Å². The van der Waals surface area contributed by atoms with Gasteiger partial charge in [-0.3, -0.25) is 4.79 Å². The second-order valence-electron chi connectivity index (χ2n) is 11.1. The highest BCUT2D eigenvalue weighted by molar-refractivity contribution is 5.95. The Labute approximate surface area is 232 Å². The van der Waals surface area contributed by atoms with Crippen LogP contribution in [0.2, 0.25) is 0 Å². The molecule has 3 aromatic carbocycles. The Morgan fingerprint density at radius 3 is 2.33 bits per heavy atom. The van der Waals surface area contributed by atoms with Gasteiger partial charge in [0.25, 0.3) is 5.91 Å². The van der Waals surface area contributed by atoms with E-state index in [1.54, 1.807) is 12.1 Å². The number of anilines is 1. The van der Waals surface area contributed by atoms with Crippen LogP contribution in [0, 0.1) is 31.5 Å². The quantitative estimate of drug-likeness (QED) is 0.298. The van der Waals surface area contributed by atoms with Crippen molar-refractivity contribution in [1.82, 2.24) is 4.90 Å². The third-order valence-corrected chi connectivity index (χ3v) is 8.33. The Balaban J connectivity index is 1.26. The molecule has 0 unspecified atom stereocenters. The molecule has 1 aliphatic carbocycles. The van der Waals surface area contributed by atoms with E-state index in [1.165, 1.54) is 35.9 Å². The topological polar surface area (TPSA) is 23.6 Å². The molecule has 39 heavy (non-hydrogen) atoms. The first-order valence-electron chi connectivity index (χ1n) is 14.2. The molecule has 1 saturated carbocycles. The lowest BCUT2D eigenvalue weighted by Crippen LogP contribution is -2.41. The fourth-order valence-corrected chi connectivity index (χ4v) is 5.85. The van der Waals surface area contributed by atoms with Crippen LogP contribution < -0.4 is 4.90 Å². The van der Waals surface area contributed by atoms with Gasteiger partial charge in [-0.05, 0) is 111 Å². The van der Waals surface area contributed by atoms with Crippen molar-refractivity contribution in [1.29, 1.82) is 0 Å². The number of halogens is 1. The maximum absolute atomic E-state index is 13.9. The van der Waals surface area contributed by atoms with Crippen LogP contribution in [0.25, 0.3) is 5.57 Å². The molecule has 0 spiro atoms. The fraction of sp³-hybridized carbons (Fsp3) is 0.343. The van der Waals surface area contributed by atoms with Crippen LogP contribution >= 0.6 is 0 Å². The first kappa shape index (κ1) is 26.9. The largest absolute Gasteiger partial charge is 0.345 e. The molecule has 5 rings (SSSR count). The smallest absolute Gasteiger partial charge is 0.253 e. The Morgan fingerprint density at radius 2 is 1.69 bits per heavy atom. The zero-order valence-electron chi connectivity index (χ0n) is 23.4. The molecule has 202 valence electrons. The minimum absolute atomic E-state index is 0.0789. The average molecular weight is 523 g/mol. The number of rotatable bonds is 8. The van der Waals surface area contributed by atoms with Crippen LogP contribution in [-0.2, 0) is 0 Å². The number of allylic oxidation sites excluding steroid dienone is 2. The Morgan fingerprint density at radius 1 is 0.949 bits per heavy atom. The number of hydrogen-bond donors (Lipinski definition) is 0. The summed E-state index contributed by atoms with van der Waals surface area (Å²) in [5, 5.41) is 0. The van der Waals surface area contributed by atoms with Crippen LogP contribution in [-0.4, -0.2) is 30.4 Å². The standard InChI is InChI=1S/C35H39FN2O/c1-5-32(29-10-8-11-31(36)22-29)33-16-15-30(21-25(33)3)35(39)37-19-17-28(18-20-37)26(4)38(23-27-13-14-27)34-12-7-6-9-24(34)2/h5-12,15-16,21-22,27-28H,4,13-14,17-20,23H2,1-3H3/b32-5-. The summed E-state index contributed by atoms with van der Waals surface area (Å²) in [6, 6.07) is 21.1. The highest BCUT2D eigenvalue weighted by Gasteiger charge is 2.31. The second kappa shape index (κ2) is 11.6. The van der Waals surface area contributed by atoms with Gasteiger partial charge in [-0.2, -0.15) is 0 Å². The van der Waals surface area contributed by atoms with E-state index in [1.807, 2.05) is 49.1 Å². The van der Waals surface area contributed by atoms with E-state index in [4.69, 9.17) is 0 Å². The van der Waals surface area contributed by atoms with E-state index >= 15 is 0 Å². The summed E-state index contributed by atoms with van der Waals surface area (Å²) in [7, 11) is 0. The molecule has 0 bridgehead atoms. The van der Waals surface area contributed by atoms with E-state index in [2.05, 4.69) is 42.7 Å². The Bertz CT molecular complexity index is 1400. The van der Waals surface area contributed by atoms with Crippen molar-refractivity contribution in [3.05, 3.63) is 119 Å². The maximum Gasteiger partial charge on any atom is 0.253 e. The number of amides is 1. The summed E-state index contributed by atoms with van der Waals surface area (Å²) in [6.07, 6.45) is 6.46. The van der Waals surface area contributed by atoms with Gasteiger partial charge in [0.05, 0.1) is 0 Å². The zero-order valence-corrected chi connectivity index (χ0v) is 23.4. The van der Waals surface area contributed by atoms with Crippen molar-refractivity contribution >= 4 is 17.2 Å². The van der Waals surface area contributed by atoms with Gasteiger partial charge in [0, 0.05) is 42.5 Å². The number of piperidine rings is 1. The highest BCUT2D eigenvalue weighted by Crippen LogP contribution is 2.37. The molecular formula is C35H39FN2O. The van der Waals surface area contributed by atoms with E-state index in [0.29, 0.717) is 11.5 Å². The molecule has 0 aromatic heterocycles. The number of carbonyl (C=O) groups excluding carboxylic acids is 1. The van der Waals surface area contributed by atoms with E-state index in [0.717, 1.165) is 60.7 Å². The molecule has 1 aliphatic heterocycles. The minimum atomic E-state index is -0.253. The first-order chi connectivity index (χ1) is 18.9. The van der Waals surface area contributed by atoms with Crippen molar-refractivity contribution < 1.29 is 9.18 Å². The van der Waals surface area contributed by atoms with Crippen LogP contribution in [0.3, 0.4) is 0 Å². The molecule has 4 heteroatoms. The molecule has 1 amide bonds. The molecule has 1 heterocycles. The number of likely N-dealkylation sites (tertiary alicyclic amines) is 1. The van der Waals surface area contributed by atoms with Gasteiger partial charge < -0.3 is 9.80 Å². The minimum Gasteiger partial charge on any atom is -0.345 e. The van der Waals surface area contributed by atoms with Crippen molar-refractivity contribution in [2.45, 2.75) is 46.5 Å². The molecule has 0 N–H and O–H groups in total. The molecule has 0 atom stereocenters. The van der Waals surface area contributed by atoms with Crippen LogP contribution in [0.1, 0.15) is 65.2 Å². The first-order valence-corrected chi connectivity index (χ1v) is 14.2. The lowest BCUT2D eigenvalue weighted by molar-refractivity contribution is 0.0701. The number of hydrogen-bond acceptors (Lipinski definition) is 2. The summed E-state index contributed by atoms with van der Waals surface area (Å²) < 4.78 is 13.9. The summed E-state index contributed by atoms with van der Waals surface area (Å²) in [4.78, 5) is 17.9. The van der Waals surface area contributed by atoms with E-state index < -0.39 is 0 Å². The third-order valence-electron chi connectivity index (χ3n) is 8.33. The zero-order chi connectivity index (χ0) is 27.5. The van der Waals surface area contributed by atoms with Gasteiger partial charge in [0.2, 0.25) is 0 Å². The molecule has 3 aromatic rings. The van der Waals surface area contributed by atoms with Crippen molar-refractivity contribution in [3.8, 4) is 0 Å².